The highest BCUT2D eigenvalue weighted by molar-refractivity contribution is 7.99. The molecule has 0 saturated carbocycles. The van der Waals surface area contributed by atoms with Crippen molar-refractivity contribution >= 4 is 17.7 Å². The molecule has 0 spiro atoms. The van der Waals surface area contributed by atoms with E-state index in [9.17, 15) is 4.79 Å². The van der Waals surface area contributed by atoms with E-state index in [0.29, 0.717) is 6.61 Å². The van der Waals surface area contributed by atoms with E-state index in [2.05, 4.69) is 12.1 Å². The van der Waals surface area contributed by atoms with E-state index in [1.54, 1.807) is 11.8 Å². The van der Waals surface area contributed by atoms with Crippen molar-refractivity contribution in [1.29, 1.82) is 0 Å². The predicted molar refractivity (Wildman–Crippen MR) is 83.4 cm³/mol. The van der Waals surface area contributed by atoms with E-state index < -0.39 is 0 Å². The van der Waals surface area contributed by atoms with Crippen molar-refractivity contribution in [2.75, 3.05) is 0 Å². The standard InChI is InChI=1S/C17H18O2S/c1-14(20-13-16-10-6-3-7-11-16)17(18)19-12-15-8-4-2-5-9-15/h2-11,14H,12-13H2,1H3. The molecule has 0 N–H and O–H groups in total. The SMILES string of the molecule is CC(SCc1ccccc1)C(=O)OCc1ccccc1. The monoisotopic (exact) mass is 286 g/mol. The molecule has 0 bridgehead atoms. The van der Waals surface area contributed by atoms with Crippen molar-refractivity contribution in [3.05, 3.63) is 71.8 Å². The number of hydrogen-bond donors (Lipinski definition) is 0. The summed E-state index contributed by atoms with van der Waals surface area (Å²) in [5.41, 5.74) is 2.24. The van der Waals surface area contributed by atoms with Gasteiger partial charge < -0.3 is 4.74 Å². The van der Waals surface area contributed by atoms with Crippen LogP contribution in [0.15, 0.2) is 60.7 Å². The fourth-order valence-corrected chi connectivity index (χ4v) is 2.55. The second kappa shape index (κ2) is 7.75. The maximum absolute atomic E-state index is 11.9. The number of carbonyl (C=O) groups is 1. The zero-order chi connectivity index (χ0) is 14.2. The van der Waals surface area contributed by atoms with Crippen LogP contribution < -0.4 is 0 Å². The van der Waals surface area contributed by atoms with Gasteiger partial charge in [-0.2, -0.15) is 0 Å². The van der Waals surface area contributed by atoms with Crippen LogP contribution in [0.1, 0.15) is 18.1 Å². The molecule has 1 unspecified atom stereocenters. The molecule has 104 valence electrons. The van der Waals surface area contributed by atoms with Crippen molar-refractivity contribution in [1.82, 2.24) is 0 Å². The van der Waals surface area contributed by atoms with Crippen LogP contribution in [0.25, 0.3) is 0 Å². The van der Waals surface area contributed by atoms with E-state index in [1.165, 1.54) is 5.56 Å². The fraction of sp³-hybridized carbons (Fsp3) is 0.235. The number of hydrogen-bond acceptors (Lipinski definition) is 3. The summed E-state index contributed by atoms with van der Waals surface area (Å²) in [4.78, 5) is 11.9. The Bertz CT molecular complexity index is 525. The van der Waals surface area contributed by atoms with Gasteiger partial charge in [-0.25, -0.2) is 0 Å². The molecule has 2 aromatic rings. The van der Waals surface area contributed by atoms with Crippen LogP contribution in [-0.4, -0.2) is 11.2 Å². The molecule has 1 atom stereocenters. The molecule has 0 amide bonds. The highest BCUT2D eigenvalue weighted by Crippen LogP contribution is 2.18. The van der Waals surface area contributed by atoms with Gasteiger partial charge in [0.15, 0.2) is 0 Å². The summed E-state index contributed by atoms with van der Waals surface area (Å²) in [5, 5.41) is -0.154. The highest BCUT2D eigenvalue weighted by atomic mass is 32.2. The molecule has 2 nitrogen and oxygen atoms in total. The van der Waals surface area contributed by atoms with Gasteiger partial charge in [-0.3, -0.25) is 4.79 Å². The summed E-state index contributed by atoms with van der Waals surface area (Å²) >= 11 is 1.60. The van der Waals surface area contributed by atoms with Crippen LogP contribution in [0.5, 0.6) is 0 Å². The number of esters is 1. The van der Waals surface area contributed by atoms with Gasteiger partial charge in [0.05, 0.1) is 5.25 Å². The van der Waals surface area contributed by atoms with Crippen molar-refractivity contribution in [2.24, 2.45) is 0 Å². The molecular weight excluding hydrogens is 268 g/mol. The van der Waals surface area contributed by atoms with Crippen molar-refractivity contribution in [2.45, 2.75) is 24.5 Å². The zero-order valence-corrected chi connectivity index (χ0v) is 12.3. The Morgan fingerprint density at radius 3 is 2.15 bits per heavy atom. The lowest BCUT2D eigenvalue weighted by molar-refractivity contribution is -0.143. The van der Waals surface area contributed by atoms with E-state index >= 15 is 0 Å². The minimum Gasteiger partial charge on any atom is -0.460 e. The molecule has 0 heterocycles. The lowest BCUT2D eigenvalue weighted by atomic mass is 10.2. The number of carbonyl (C=O) groups excluding carboxylic acids is 1. The van der Waals surface area contributed by atoms with E-state index in [-0.39, 0.29) is 11.2 Å². The highest BCUT2D eigenvalue weighted by Gasteiger charge is 2.14. The molecule has 0 radical (unpaired) electrons. The Kier molecular flexibility index (Phi) is 5.69. The molecule has 2 rings (SSSR count). The third kappa shape index (κ3) is 4.74. The molecular formula is C17H18O2S. The summed E-state index contributed by atoms with van der Waals surface area (Å²) < 4.78 is 5.32. The van der Waals surface area contributed by atoms with Crippen LogP contribution in [0.4, 0.5) is 0 Å². The van der Waals surface area contributed by atoms with Gasteiger partial charge in [0, 0.05) is 5.75 Å². The average Bonchev–Trinajstić information content (AvgIpc) is 2.52. The molecule has 0 fully saturated rings. The first-order valence-electron chi connectivity index (χ1n) is 6.62. The Labute approximate surface area is 124 Å². The number of rotatable bonds is 6. The fourth-order valence-electron chi connectivity index (χ4n) is 1.71. The largest absolute Gasteiger partial charge is 0.460 e. The maximum Gasteiger partial charge on any atom is 0.319 e. The van der Waals surface area contributed by atoms with E-state index in [4.69, 9.17) is 4.74 Å². The maximum atomic E-state index is 11.9. The molecule has 0 aliphatic carbocycles. The molecule has 2 aromatic carbocycles. The zero-order valence-electron chi connectivity index (χ0n) is 11.5. The van der Waals surface area contributed by atoms with Gasteiger partial charge in [0.1, 0.15) is 6.61 Å². The van der Waals surface area contributed by atoms with Crippen LogP contribution in [0.2, 0.25) is 0 Å². The summed E-state index contributed by atoms with van der Waals surface area (Å²) in [6.07, 6.45) is 0. The third-order valence-corrected chi connectivity index (χ3v) is 4.09. The minimum absolute atomic E-state index is 0.154. The number of thioether (sulfide) groups is 1. The van der Waals surface area contributed by atoms with Gasteiger partial charge in [-0.1, -0.05) is 60.7 Å². The summed E-state index contributed by atoms with van der Waals surface area (Å²) in [6, 6.07) is 19.9. The van der Waals surface area contributed by atoms with E-state index in [1.807, 2.05) is 55.5 Å². The summed E-state index contributed by atoms with van der Waals surface area (Å²) in [6.45, 7) is 2.23. The average molecular weight is 286 g/mol. The van der Waals surface area contributed by atoms with Crippen LogP contribution in [0, 0.1) is 0 Å². The van der Waals surface area contributed by atoms with Gasteiger partial charge in [-0.05, 0) is 18.1 Å². The second-order valence-electron chi connectivity index (χ2n) is 4.53. The second-order valence-corrected chi connectivity index (χ2v) is 5.86. The lowest BCUT2D eigenvalue weighted by Crippen LogP contribution is -2.17. The topological polar surface area (TPSA) is 26.3 Å². The lowest BCUT2D eigenvalue weighted by Gasteiger charge is -2.11. The summed E-state index contributed by atoms with van der Waals surface area (Å²) in [7, 11) is 0. The molecule has 20 heavy (non-hydrogen) atoms. The quantitative estimate of drug-likeness (QED) is 0.749. The van der Waals surface area contributed by atoms with Gasteiger partial charge in [0.2, 0.25) is 0 Å². The Hall–Kier alpha value is -1.74. The molecule has 0 aliphatic rings. The first kappa shape index (κ1) is 14.7. The summed E-state index contributed by atoms with van der Waals surface area (Å²) in [5.74, 6) is 0.664. The van der Waals surface area contributed by atoms with Crippen LogP contribution in [0.3, 0.4) is 0 Å². The third-order valence-electron chi connectivity index (χ3n) is 2.90. The van der Waals surface area contributed by atoms with Gasteiger partial charge >= 0.3 is 5.97 Å². The molecule has 0 aliphatic heterocycles. The first-order valence-corrected chi connectivity index (χ1v) is 7.66. The predicted octanol–water partition coefficient (Wildman–Crippen LogP) is 4.05. The molecule has 3 heteroatoms. The van der Waals surface area contributed by atoms with Crippen molar-refractivity contribution in [3.63, 3.8) is 0 Å². The van der Waals surface area contributed by atoms with Crippen molar-refractivity contribution in [3.8, 4) is 0 Å². The Morgan fingerprint density at radius 2 is 1.55 bits per heavy atom. The smallest absolute Gasteiger partial charge is 0.319 e. The number of ether oxygens (including phenoxy) is 1. The molecule has 0 aromatic heterocycles. The van der Waals surface area contributed by atoms with Gasteiger partial charge in [-0.15, -0.1) is 11.8 Å². The van der Waals surface area contributed by atoms with Crippen LogP contribution in [-0.2, 0) is 21.9 Å². The Balaban J connectivity index is 1.75. The van der Waals surface area contributed by atoms with Crippen molar-refractivity contribution < 1.29 is 9.53 Å². The molecule has 0 saturated heterocycles. The van der Waals surface area contributed by atoms with E-state index in [0.717, 1.165) is 11.3 Å². The number of benzene rings is 2. The van der Waals surface area contributed by atoms with Gasteiger partial charge in [0.25, 0.3) is 0 Å². The normalized spacial score (nSPS) is 11.8. The Morgan fingerprint density at radius 1 is 1.00 bits per heavy atom. The van der Waals surface area contributed by atoms with Crippen LogP contribution >= 0.6 is 11.8 Å². The first-order chi connectivity index (χ1) is 9.75. The minimum atomic E-state index is -0.158.